The second kappa shape index (κ2) is 7.07. The van der Waals surface area contributed by atoms with Crippen molar-refractivity contribution in [2.24, 2.45) is 5.92 Å². The van der Waals surface area contributed by atoms with Crippen LogP contribution < -0.4 is 10.2 Å². The van der Waals surface area contributed by atoms with Crippen molar-refractivity contribution in [3.63, 3.8) is 0 Å². The molecule has 1 aromatic rings. The number of anilines is 1. The normalized spacial score (nSPS) is 23.1. The molecule has 0 amide bonds. The first-order valence-electron chi connectivity index (χ1n) is 8.05. The minimum Gasteiger partial charge on any atom is -0.354 e. The second-order valence-corrected chi connectivity index (χ2v) is 6.29. The summed E-state index contributed by atoms with van der Waals surface area (Å²) in [5.41, 5.74) is 2.59. The molecule has 2 atom stereocenters. The molecule has 1 aromatic heterocycles. The molecule has 1 saturated heterocycles. The van der Waals surface area contributed by atoms with Crippen LogP contribution in [-0.2, 0) is 13.0 Å². The Balaban J connectivity index is 2.28. The lowest BCUT2D eigenvalue weighted by atomic mass is 9.95. The van der Waals surface area contributed by atoms with Gasteiger partial charge in [-0.15, -0.1) is 0 Å². The first-order chi connectivity index (χ1) is 9.63. The summed E-state index contributed by atoms with van der Waals surface area (Å²) < 4.78 is 0. The SMILES string of the molecule is CCCc1cc(CNC)cc(N2CC(C)CCC2C)n1. The van der Waals surface area contributed by atoms with Gasteiger partial charge in [-0.25, -0.2) is 4.98 Å². The summed E-state index contributed by atoms with van der Waals surface area (Å²) in [5, 5.41) is 3.26. The van der Waals surface area contributed by atoms with Crippen LogP contribution in [0, 0.1) is 5.92 Å². The predicted octanol–water partition coefficient (Wildman–Crippen LogP) is 3.38. The zero-order chi connectivity index (χ0) is 14.5. The van der Waals surface area contributed by atoms with Crippen LogP contribution >= 0.6 is 0 Å². The van der Waals surface area contributed by atoms with Crippen molar-refractivity contribution in [3.8, 4) is 0 Å². The molecule has 112 valence electrons. The van der Waals surface area contributed by atoms with Gasteiger partial charge < -0.3 is 10.2 Å². The number of hydrogen-bond donors (Lipinski definition) is 1. The van der Waals surface area contributed by atoms with Crippen molar-refractivity contribution < 1.29 is 0 Å². The Morgan fingerprint density at radius 3 is 2.80 bits per heavy atom. The lowest BCUT2D eigenvalue weighted by molar-refractivity contribution is 0.388. The van der Waals surface area contributed by atoms with Gasteiger partial charge in [0, 0.05) is 24.8 Å². The van der Waals surface area contributed by atoms with Gasteiger partial charge in [-0.1, -0.05) is 20.3 Å². The molecule has 0 saturated carbocycles. The van der Waals surface area contributed by atoms with E-state index in [4.69, 9.17) is 4.98 Å². The molecule has 0 bridgehead atoms. The summed E-state index contributed by atoms with van der Waals surface area (Å²) >= 11 is 0. The van der Waals surface area contributed by atoms with Crippen LogP contribution in [0.25, 0.3) is 0 Å². The average Bonchev–Trinajstić information content (AvgIpc) is 2.42. The molecule has 1 aliphatic rings. The maximum Gasteiger partial charge on any atom is 0.129 e. The summed E-state index contributed by atoms with van der Waals surface area (Å²) in [4.78, 5) is 7.42. The quantitative estimate of drug-likeness (QED) is 0.893. The number of aromatic nitrogens is 1. The van der Waals surface area contributed by atoms with Crippen LogP contribution in [0.3, 0.4) is 0 Å². The Labute approximate surface area is 123 Å². The number of rotatable bonds is 5. The van der Waals surface area contributed by atoms with Crippen LogP contribution in [0.5, 0.6) is 0 Å². The Hall–Kier alpha value is -1.09. The molecule has 2 unspecified atom stereocenters. The van der Waals surface area contributed by atoms with E-state index in [1.54, 1.807) is 0 Å². The summed E-state index contributed by atoms with van der Waals surface area (Å²) in [5.74, 6) is 1.95. The summed E-state index contributed by atoms with van der Waals surface area (Å²) in [6.07, 6.45) is 4.85. The van der Waals surface area contributed by atoms with Crippen molar-refractivity contribution in [3.05, 3.63) is 23.4 Å². The molecule has 1 N–H and O–H groups in total. The largest absolute Gasteiger partial charge is 0.354 e. The van der Waals surface area contributed by atoms with Crippen molar-refractivity contribution in [2.45, 2.75) is 59.0 Å². The van der Waals surface area contributed by atoms with Crippen LogP contribution in [0.2, 0.25) is 0 Å². The molecule has 3 nitrogen and oxygen atoms in total. The molecule has 3 heteroatoms. The highest BCUT2D eigenvalue weighted by Gasteiger charge is 2.24. The first-order valence-corrected chi connectivity index (χ1v) is 8.05. The summed E-state index contributed by atoms with van der Waals surface area (Å²) in [6.45, 7) is 8.96. The predicted molar refractivity (Wildman–Crippen MR) is 86.2 cm³/mol. The minimum atomic E-state index is 0.609. The van der Waals surface area contributed by atoms with Crippen LogP contribution in [0.1, 0.15) is 51.3 Å². The highest BCUT2D eigenvalue weighted by Crippen LogP contribution is 2.27. The Morgan fingerprint density at radius 1 is 1.30 bits per heavy atom. The van der Waals surface area contributed by atoms with E-state index in [2.05, 4.69) is 43.1 Å². The zero-order valence-electron chi connectivity index (χ0n) is 13.4. The Bertz CT molecular complexity index is 406. The number of nitrogens with one attached hydrogen (secondary N) is 1. The van der Waals surface area contributed by atoms with Gasteiger partial charge in [0.05, 0.1) is 0 Å². The molecule has 0 aromatic carbocycles. The number of piperidine rings is 1. The molecule has 1 aliphatic heterocycles. The fourth-order valence-corrected chi connectivity index (χ4v) is 3.08. The van der Waals surface area contributed by atoms with E-state index in [9.17, 15) is 0 Å². The lowest BCUT2D eigenvalue weighted by Gasteiger charge is -2.38. The van der Waals surface area contributed by atoms with E-state index >= 15 is 0 Å². The highest BCUT2D eigenvalue weighted by molar-refractivity contribution is 5.44. The lowest BCUT2D eigenvalue weighted by Crippen LogP contribution is -2.41. The van der Waals surface area contributed by atoms with Gasteiger partial charge in [0.1, 0.15) is 5.82 Å². The smallest absolute Gasteiger partial charge is 0.129 e. The van der Waals surface area contributed by atoms with Gasteiger partial charge >= 0.3 is 0 Å². The van der Waals surface area contributed by atoms with E-state index in [-0.39, 0.29) is 0 Å². The van der Waals surface area contributed by atoms with Gasteiger partial charge in [0.15, 0.2) is 0 Å². The molecule has 2 heterocycles. The second-order valence-electron chi connectivity index (χ2n) is 6.29. The van der Waals surface area contributed by atoms with Gasteiger partial charge in [0.2, 0.25) is 0 Å². The van der Waals surface area contributed by atoms with Gasteiger partial charge in [-0.05, 0) is 56.8 Å². The topological polar surface area (TPSA) is 28.2 Å². The zero-order valence-corrected chi connectivity index (χ0v) is 13.4. The molecule has 0 radical (unpaired) electrons. The third-order valence-electron chi connectivity index (χ3n) is 4.22. The van der Waals surface area contributed by atoms with E-state index < -0.39 is 0 Å². The maximum absolute atomic E-state index is 4.91. The van der Waals surface area contributed by atoms with E-state index in [1.165, 1.54) is 29.9 Å². The van der Waals surface area contributed by atoms with E-state index in [0.29, 0.717) is 6.04 Å². The Kier molecular flexibility index (Phi) is 5.41. The van der Waals surface area contributed by atoms with Crippen molar-refractivity contribution in [1.29, 1.82) is 0 Å². The monoisotopic (exact) mass is 275 g/mol. The van der Waals surface area contributed by atoms with Gasteiger partial charge in [-0.3, -0.25) is 0 Å². The van der Waals surface area contributed by atoms with Gasteiger partial charge in [0.25, 0.3) is 0 Å². The highest BCUT2D eigenvalue weighted by atomic mass is 15.2. The molecule has 0 spiro atoms. The minimum absolute atomic E-state index is 0.609. The summed E-state index contributed by atoms with van der Waals surface area (Å²) in [7, 11) is 2.01. The fraction of sp³-hybridized carbons (Fsp3) is 0.706. The van der Waals surface area contributed by atoms with Crippen molar-refractivity contribution in [2.75, 3.05) is 18.5 Å². The van der Waals surface area contributed by atoms with Crippen molar-refractivity contribution >= 4 is 5.82 Å². The number of pyridine rings is 1. The molecular formula is C17H29N3. The van der Waals surface area contributed by atoms with Gasteiger partial charge in [-0.2, -0.15) is 0 Å². The van der Waals surface area contributed by atoms with E-state index in [1.807, 2.05) is 7.05 Å². The van der Waals surface area contributed by atoms with E-state index in [0.717, 1.165) is 31.8 Å². The number of aryl methyl sites for hydroxylation is 1. The Morgan fingerprint density at radius 2 is 2.10 bits per heavy atom. The molecule has 1 fully saturated rings. The standard InChI is InChI=1S/C17H29N3/c1-5-6-16-9-15(11-18-4)10-17(19-16)20-12-13(2)7-8-14(20)3/h9-10,13-14,18H,5-8,11-12H2,1-4H3. The maximum atomic E-state index is 4.91. The van der Waals surface area contributed by atoms with Crippen LogP contribution in [-0.4, -0.2) is 24.6 Å². The number of nitrogens with zero attached hydrogens (tertiary/aromatic N) is 2. The number of hydrogen-bond acceptors (Lipinski definition) is 3. The third-order valence-corrected chi connectivity index (χ3v) is 4.22. The van der Waals surface area contributed by atoms with Crippen LogP contribution in [0.15, 0.2) is 12.1 Å². The fourth-order valence-electron chi connectivity index (χ4n) is 3.08. The first kappa shape index (κ1) is 15.3. The van der Waals surface area contributed by atoms with Crippen LogP contribution in [0.4, 0.5) is 5.82 Å². The molecule has 2 rings (SSSR count). The third kappa shape index (κ3) is 3.72. The average molecular weight is 275 g/mol. The molecular weight excluding hydrogens is 246 g/mol. The summed E-state index contributed by atoms with van der Waals surface area (Å²) in [6, 6.07) is 5.13. The van der Waals surface area contributed by atoms with Crippen molar-refractivity contribution in [1.82, 2.24) is 10.3 Å². The molecule has 0 aliphatic carbocycles. The molecule has 20 heavy (non-hydrogen) atoms.